The minimum atomic E-state index is -0.181. The molecule has 0 saturated carbocycles. The van der Waals surface area contributed by atoms with E-state index in [1.165, 1.54) is 0 Å². The molecule has 3 heterocycles. The summed E-state index contributed by atoms with van der Waals surface area (Å²) in [5, 5.41) is 10.3. The fourth-order valence-electron chi connectivity index (χ4n) is 2.25. The molecule has 1 aromatic heterocycles. The number of nitrogens with zero attached hydrogens (tertiary/aromatic N) is 4. The molecule has 0 spiro atoms. The van der Waals surface area contributed by atoms with E-state index in [-0.39, 0.29) is 23.8 Å². The fourth-order valence-corrected chi connectivity index (χ4v) is 2.25. The molecule has 0 aromatic carbocycles. The van der Waals surface area contributed by atoms with E-state index in [9.17, 15) is 9.59 Å². The van der Waals surface area contributed by atoms with Crippen molar-refractivity contribution in [3.63, 3.8) is 0 Å². The first-order valence-corrected chi connectivity index (χ1v) is 5.65. The molecule has 7 nitrogen and oxygen atoms in total. The van der Waals surface area contributed by atoms with Crippen molar-refractivity contribution in [3.05, 3.63) is 12.4 Å². The second-order valence-corrected chi connectivity index (χ2v) is 4.49. The Balaban J connectivity index is 1.55. The highest BCUT2D eigenvalue weighted by atomic mass is 16.2. The van der Waals surface area contributed by atoms with Crippen LogP contribution in [0.3, 0.4) is 0 Å². The van der Waals surface area contributed by atoms with Crippen LogP contribution in [0, 0.1) is 5.92 Å². The highest BCUT2D eigenvalue weighted by molar-refractivity contribution is 5.89. The number of carbonyl (C=O) groups is 2. The molecule has 17 heavy (non-hydrogen) atoms. The molecule has 2 fully saturated rings. The number of rotatable bonds is 2. The van der Waals surface area contributed by atoms with Gasteiger partial charge in [0.15, 0.2) is 0 Å². The molecular weight excluding hydrogens is 222 g/mol. The Morgan fingerprint density at radius 3 is 2.88 bits per heavy atom. The average molecular weight is 235 g/mol. The van der Waals surface area contributed by atoms with E-state index in [1.54, 1.807) is 22.0 Å². The Hall–Kier alpha value is -1.92. The maximum absolute atomic E-state index is 12.0. The summed E-state index contributed by atoms with van der Waals surface area (Å²) in [6.45, 7) is 1.79. The number of likely N-dealkylation sites (tertiary alicyclic amines) is 1. The second kappa shape index (κ2) is 3.83. The number of aromatic nitrogens is 3. The molecule has 1 N–H and O–H groups in total. The first-order chi connectivity index (χ1) is 8.24. The van der Waals surface area contributed by atoms with Crippen LogP contribution in [0.2, 0.25) is 0 Å². The summed E-state index contributed by atoms with van der Waals surface area (Å²) >= 11 is 0. The van der Waals surface area contributed by atoms with Crippen molar-refractivity contribution in [3.8, 4) is 0 Å². The predicted octanol–water partition coefficient (Wildman–Crippen LogP) is -1.20. The monoisotopic (exact) mass is 235 g/mol. The third kappa shape index (κ3) is 1.77. The van der Waals surface area contributed by atoms with E-state index < -0.39 is 0 Å². The van der Waals surface area contributed by atoms with Gasteiger partial charge in [0.2, 0.25) is 11.8 Å². The Bertz CT molecular complexity index is 438. The molecule has 1 unspecified atom stereocenters. The van der Waals surface area contributed by atoms with Gasteiger partial charge in [-0.3, -0.25) is 9.59 Å². The van der Waals surface area contributed by atoms with Gasteiger partial charge in [0.1, 0.15) is 0 Å². The number of amides is 2. The van der Waals surface area contributed by atoms with Crippen molar-refractivity contribution in [2.75, 3.05) is 19.6 Å². The first kappa shape index (κ1) is 10.2. The molecule has 2 aliphatic heterocycles. The normalized spacial score (nSPS) is 24.6. The third-order valence-corrected chi connectivity index (χ3v) is 3.32. The minimum Gasteiger partial charge on any atom is -0.355 e. The summed E-state index contributed by atoms with van der Waals surface area (Å²) in [5.74, 6) is -0.143. The van der Waals surface area contributed by atoms with Gasteiger partial charge in [-0.05, 0) is 0 Å². The minimum absolute atomic E-state index is 0.0308. The zero-order valence-corrected chi connectivity index (χ0v) is 9.24. The molecule has 2 amide bonds. The van der Waals surface area contributed by atoms with Crippen LogP contribution in [0.25, 0.3) is 0 Å². The summed E-state index contributed by atoms with van der Waals surface area (Å²) in [6.07, 6.45) is 3.75. The number of hydrogen-bond donors (Lipinski definition) is 1. The van der Waals surface area contributed by atoms with Gasteiger partial charge >= 0.3 is 0 Å². The second-order valence-electron chi connectivity index (χ2n) is 4.49. The van der Waals surface area contributed by atoms with Gasteiger partial charge in [0, 0.05) is 32.3 Å². The summed E-state index contributed by atoms with van der Waals surface area (Å²) < 4.78 is 1.77. The third-order valence-electron chi connectivity index (χ3n) is 3.32. The Morgan fingerprint density at radius 1 is 1.47 bits per heavy atom. The van der Waals surface area contributed by atoms with Crippen molar-refractivity contribution in [1.29, 1.82) is 0 Å². The summed E-state index contributed by atoms with van der Waals surface area (Å²) in [5.41, 5.74) is 0. The molecule has 3 rings (SSSR count). The van der Waals surface area contributed by atoms with Gasteiger partial charge in [0.25, 0.3) is 0 Å². The molecule has 1 atom stereocenters. The standard InChI is InChI=1S/C10H13N5O2/c16-9-3-7(4-11-9)10(17)14-5-8(6-14)15-2-1-12-13-15/h1-2,7-8H,3-6H2,(H,11,16). The van der Waals surface area contributed by atoms with Crippen molar-refractivity contribution in [1.82, 2.24) is 25.2 Å². The van der Waals surface area contributed by atoms with E-state index in [4.69, 9.17) is 0 Å². The number of hydrogen-bond acceptors (Lipinski definition) is 4. The summed E-state index contributed by atoms with van der Waals surface area (Å²) in [7, 11) is 0. The van der Waals surface area contributed by atoms with Gasteiger partial charge < -0.3 is 10.2 Å². The smallest absolute Gasteiger partial charge is 0.228 e. The molecule has 0 aliphatic carbocycles. The zero-order valence-electron chi connectivity index (χ0n) is 9.24. The first-order valence-electron chi connectivity index (χ1n) is 5.65. The van der Waals surface area contributed by atoms with E-state index in [0.29, 0.717) is 26.1 Å². The van der Waals surface area contributed by atoms with Crippen LogP contribution in [0.1, 0.15) is 12.5 Å². The summed E-state index contributed by atoms with van der Waals surface area (Å²) in [4.78, 5) is 24.8. The predicted molar refractivity (Wildman–Crippen MR) is 56.8 cm³/mol. The van der Waals surface area contributed by atoms with Crippen molar-refractivity contribution < 1.29 is 9.59 Å². The highest BCUT2D eigenvalue weighted by Crippen LogP contribution is 2.23. The fraction of sp³-hybridized carbons (Fsp3) is 0.600. The van der Waals surface area contributed by atoms with Crippen molar-refractivity contribution in [2.24, 2.45) is 5.92 Å². The largest absolute Gasteiger partial charge is 0.355 e. The van der Waals surface area contributed by atoms with Crippen molar-refractivity contribution >= 4 is 11.8 Å². The molecular formula is C10H13N5O2. The molecule has 0 bridgehead atoms. The lowest BCUT2D eigenvalue weighted by Gasteiger charge is -2.40. The van der Waals surface area contributed by atoms with Crippen LogP contribution < -0.4 is 5.32 Å². The van der Waals surface area contributed by atoms with Crippen molar-refractivity contribution in [2.45, 2.75) is 12.5 Å². The van der Waals surface area contributed by atoms with Gasteiger partial charge in [-0.1, -0.05) is 5.21 Å². The van der Waals surface area contributed by atoms with Crippen LogP contribution in [0.5, 0.6) is 0 Å². The van der Waals surface area contributed by atoms with E-state index >= 15 is 0 Å². The quantitative estimate of drug-likeness (QED) is 0.698. The molecule has 90 valence electrons. The lowest BCUT2D eigenvalue weighted by Crippen LogP contribution is -2.53. The highest BCUT2D eigenvalue weighted by Gasteiger charge is 2.38. The van der Waals surface area contributed by atoms with E-state index in [2.05, 4.69) is 15.6 Å². The maximum Gasteiger partial charge on any atom is 0.228 e. The topological polar surface area (TPSA) is 80.1 Å². The van der Waals surface area contributed by atoms with Crippen LogP contribution in [0.15, 0.2) is 12.4 Å². The van der Waals surface area contributed by atoms with Gasteiger partial charge in [0.05, 0.1) is 18.2 Å². The Morgan fingerprint density at radius 2 is 2.29 bits per heavy atom. The van der Waals surface area contributed by atoms with Gasteiger partial charge in [-0.15, -0.1) is 5.10 Å². The lowest BCUT2D eigenvalue weighted by molar-refractivity contribution is -0.141. The van der Waals surface area contributed by atoms with Gasteiger partial charge in [-0.2, -0.15) is 0 Å². The molecule has 0 radical (unpaired) electrons. The van der Waals surface area contributed by atoms with Crippen LogP contribution >= 0.6 is 0 Å². The van der Waals surface area contributed by atoms with E-state index in [1.807, 2.05) is 0 Å². The SMILES string of the molecule is O=C1CC(C(=O)N2CC(n3ccnn3)C2)CN1. The van der Waals surface area contributed by atoms with Crippen LogP contribution in [-0.2, 0) is 9.59 Å². The Kier molecular flexibility index (Phi) is 2.31. The molecule has 1 aromatic rings. The number of carbonyl (C=O) groups excluding carboxylic acids is 2. The Labute approximate surface area is 97.8 Å². The lowest BCUT2D eigenvalue weighted by atomic mass is 10.0. The van der Waals surface area contributed by atoms with Crippen LogP contribution in [0.4, 0.5) is 0 Å². The van der Waals surface area contributed by atoms with Gasteiger partial charge in [-0.25, -0.2) is 4.68 Å². The molecule has 2 saturated heterocycles. The maximum atomic E-state index is 12.0. The summed E-state index contributed by atoms with van der Waals surface area (Å²) in [6, 6.07) is 0.228. The zero-order chi connectivity index (χ0) is 11.8. The van der Waals surface area contributed by atoms with E-state index in [0.717, 1.165) is 0 Å². The molecule has 2 aliphatic rings. The molecule has 7 heteroatoms. The average Bonchev–Trinajstić information content (AvgIpc) is 2.86. The number of nitrogens with one attached hydrogen (secondary N) is 1. The van der Waals surface area contributed by atoms with Crippen LogP contribution in [-0.4, -0.2) is 51.3 Å².